The Balaban J connectivity index is 2.28. The predicted molar refractivity (Wildman–Crippen MR) is 223 cm³/mol. The summed E-state index contributed by atoms with van der Waals surface area (Å²) in [4.78, 5) is 108. The molecule has 1 aliphatic rings. The number of carbonyl (C=O) groups excluding carboxylic acids is 7. The Kier molecular flexibility index (Phi) is 20.6. The molecule has 2 rings (SSSR count). The lowest BCUT2D eigenvalue weighted by Crippen LogP contribution is -2.62. The van der Waals surface area contributed by atoms with Crippen LogP contribution in [0.4, 0.5) is 0 Å². The van der Waals surface area contributed by atoms with E-state index in [2.05, 4.69) is 31.9 Å². The van der Waals surface area contributed by atoms with Crippen molar-refractivity contribution in [3.8, 4) is 0 Å². The third-order valence-corrected chi connectivity index (χ3v) is 11.1. The Bertz CT molecular complexity index is 1640. The van der Waals surface area contributed by atoms with Crippen LogP contribution < -0.4 is 37.6 Å². The number of carboxylic acids is 1. The summed E-state index contributed by atoms with van der Waals surface area (Å²) in [6.45, 7) is 15.0. The van der Waals surface area contributed by atoms with Crippen LogP contribution in [0.5, 0.6) is 0 Å². The molecule has 0 aromatic heterocycles. The molecule has 60 heavy (non-hydrogen) atoms. The van der Waals surface area contributed by atoms with Crippen molar-refractivity contribution < 1.29 is 48.6 Å². The van der Waals surface area contributed by atoms with E-state index in [4.69, 9.17) is 5.73 Å². The second-order valence-electron chi connectivity index (χ2n) is 16.5. The van der Waals surface area contributed by atoms with Gasteiger partial charge in [0.25, 0.3) is 0 Å². The summed E-state index contributed by atoms with van der Waals surface area (Å²) in [7, 11) is 0. The summed E-state index contributed by atoms with van der Waals surface area (Å²) in [5.74, 6) is -7.72. The van der Waals surface area contributed by atoms with Crippen molar-refractivity contribution in [3.05, 3.63) is 35.9 Å². The highest BCUT2D eigenvalue weighted by Gasteiger charge is 2.41. The van der Waals surface area contributed by atoms with Crippen LogP contribution in [0.3, 0.4) is 0 Å². The first-order valence-electron chi connectivity index (χ1n) is 20.9. The molecule has 0 aliphatic carbocycles. The summed E-state index contributed by atoms with van der Waals surface area (Å²) in [6, 6.07) is 0.921. The highest BCUT2D eigenvalue weighted by atomic mass is 16.4. The monoisotopic (exact) mass is 845 g/mol. The van der Waals surface area contributed by atoms with Crippen molar-refractivity contribution in [2.75, 3.05) is 13.1 Å². The minimum absolute atomic E-state index is 0.177. The van der Waals surface area contributed by atoms with Crippen molar-refractivity contribution >= 4 is 47.3 Å². The Morgan fingerprint density at radius 1 is 0.683 bits per heavy atom. The molecule has 1 aliphatic heterocycles. The van der Waals surface area contributed by atoms with Crippen LogP contribution in [0.1, 0.15) is 93.6 Å². The molecule has 10 N–H and O–H groups in total. The largest absolute Gasteiger partial charge is 0.480 e. The lowest BCUT2D eigenvalue weighted by molar-refractivity contribution is -0.145. The summed E-state index contributed by atoms with van der Waals surface area (Å²) >= 11 is 0. The minimum atomic E-state index is -1.62. The van der Waals surface area contributed by atoms with E-state index in [0.29, 0.717) is 25.7 Å². The van der Waals surface area contributed by atoms with Gasteiger partial charge in [0.05, 0.1) is 12.6 Å². The minimum Gasteiger partial charge on any atom is -0.480 e. The summed E-state index contributed by atoms with van der Waals surface area (Å²) < 4.78 is 0. The van der Waals surface area contributed by atoms with E-state index < -0.39 is 119 Å². The quantitative estimate of drug-likeness (QED) is 0.0705. The number of aliphatic carboxylic acids is 1. The van der Waals surface area contributed by atoms with Gasteiger partial charge in [-0.1, -0.05) is 98.6 Å². The topological polar surface area (TPSA) is 278 Å². The normalized spacial score (nSPS) is 18.4. The van der Waals surface area contributed by atoms with E-state index in [0.717, 1.165) is 5.56 Å². The Labute approximate surface area is 353 Å². The first kappa shape index (κ1) is 51.0. The Morgan fingerprint density at radius 2 is 1.13 bits per heavy atom. The fourth-order valence-electron chi connectivity index (χ4n) is 6.89. The maximum Gasteiger partial charge on any atom is 0.328 e. The second-order valence-corrected chi connectivity index (χ2v) is 16.5. The molecule has 1 aromatic carbocycles. The van der Waals surface area contributed by atoms with Gasteiger partial charge in [0.2, 0.25) is 41.4 Å². The van der Waals surface area contributed by atoms with Gasteiger partial charge in [0.1, 0.15) is 36.3 Å². The standard InChI is InChI=1S/C42H68N8O10/c1-10-24(7)33(39(56)46-32(23(5)6)38(55)48-34(25(8)11-2)40(57)49-35(26(9)51)42(59)60)47-37(54)31(22(3)4)45-36(53)29-18-15-19-50(29)41(58)28(44-30(52)21-43)20-27-16-13-12-14-17-27/h12-14,16-17,22-26,28-29,31-35,51H,10-11,15,18-21,43H2,1-9H3,(H,44,52)(H,45,53)(H,46,56)(H,47,54)(H,48,55)(H,49,57)(H,59,60)/t24-,25-,26+,28-,29-,31-,32-,33-,34-,35-/m0/s1. The number of rotatable bonds is 23. The summed E-state index contributed by atoms with van der Waals surface area (Å²) in [5.41, 5.74) is 6.34. The molecular formula is C42H68N8O10. The Hall–Kier alpha value is -5.10. The number of hydrogen-bond donors (Lipinski definition) is 9. The second kappa shape index (κ2) is 24.2. The number of nitrogens with zero attached hydrogens (tertiary/aromatic N) is 1. The molecule has 18 nitrogen and oxygen atoms in total. The number of likely N-dealkylation sites (tertiary alicyclic amines) is 1. The smallest absolute Gasteiger partial charge is 0.328 e. The van der Waals surface area contributed by atoms with Gasteiger partial charge in [-0.25, -0.2) is 4.79 Å². The number of nitrogens with one attached hydrogen (secondary N) is 6. The zero-order valence-corrected chi connectivity index (χ0v) is 36.4. The molecule has 0 spiro atoms. The molecule has 0 unspecified atom stereocenters. The molecule has 1 heterocycles. The van der Waals surface area contributed by atoms with E-state index in [9.17, 15) is 48.6 Å². The van der Waals surface area contributed by atoms with Crippen LogP contribution in [-0.2, 0) is 44.8 Å². The van der Waals surface area contributed by atoms with Crippen LogP contribution in [-0.4, -0.2) is 124 Å². The molecule has 1 fully saturated rings. The maximum atomic E-state index is 14.0. The van der Waals surface area contributed by atoms with Gasteiger partial charge in [0.15, 0.2) is 6.04 Å². The maximum absolute atomic E-state index is 14.0. The number of aliphatic hydroxyl groups excluding tert-OH is 1. The molecule has 7 amide bonds. The van der Waals surface area contributed by atoms with Gasteiger partial charge in [-0.2, -0.15) is 0 Å². The van der Waals surface area contributed by atoms with Crippen molar-refractivity contribution in [2.24, 2.45) is 29.4 Å². The fraction of sp³-hybridized carbons (Fsp3) is 0.667. The lowest BCUT2D eigenvalue weighted by Gasteiger charge is -2.32. The van der Waals surface area contributed by atoms with E-state index >= 15 is 0 Å². The van der Waals surface area contributed by atoms with Crippen LogP contribution in [0, 0.1) is 23.7 Å². The van der Waals surface area contributed by atoms with E-state index in [1.807, 2.05) is 37.3 Å². The van der Waals surface area contributed by atoms with E-state index in [1.54, 1.807) is 48.5 Å². The average molecular weight is 845 g/mol. The summed E-state index contributed by atoms with van der Waals surface area (Å²) in [5, 5.41) is 35.3. The van der Waals surface area contributed by atoms with Crippen LogP contribution in [0.15, 0.2) is 30.3 Å². The SMILES string of the molecule is CC[C@H](C)[C@H](NC(=O)[C@@H](NC(=O)[C@@H]1CCCN1C(=O)[C@H](Cc1ccccc1)NC(=O)CN)C(C)C)C(=O)N[C@H](C(=O)N[C@H](C(=O)N[C@H](C(=O)O)[C@@H](C)O)[C@@H](C)CC)C(C)C. The molecule has 0 radical (unpaired) electrons. The fourth-order valence-corrected chi connectivity index (χ4v) is 6.89. The van der Waals surface area contributed by atoms with Gasteiger partial charge >= 0.3 is 5.97 Å². The zero-order valence-electron chi connectivity index (χ0n) is 36.4. The molecule has 0 saturated carbocycles. The number of benzene rings is 1. The molecule has 1 aromatic rings. The molecule has 10 atom stereocenters. The Morgan fingerprint density at radius 3 is 1.57 bits per heavy atom. The average Bonchev–Trinajstić information content (AvgIpc) is 3.70. The molecule has 336 valence electrons. The van der Waals surface area contributed by atoms with E-state index in [1.165, 1.54) is 11.8 Å². The molecule has 0 bridgehead atoms. The van der Waals surface area contributed by atoms with Crippen LogP contribution in [0.25, 0.3) is 0 Å². The first-order valence-corrected chi connectivity index (χ1v) is 20.9. The molecule has 1 saturated heterocycles. The number of carboxylic acid groups (broad SMARTS) is 1. The van der Waals surface area contributed by atoms with Crippen LogP contribution in [0.2, 0.25) is 0 Å². The van der Waals surface area contributed by atoms with E-state index in [-0.39, 0.29) is 19.5 Å². The zero-order chi connectivity index (χ0) is 45.4. The third-order valence-electron chi connectivity index (χ3n) is 11.1. The molecule has 18 heteroatoms. The highest BCUT2D eigenvalue weighted by molar-refractivity contribution is 5.98. The van der Waals surface area contributed by atoms with Gasteiger partial charge in [-0.15, -0.1) is 0 Å². The third kappa shape index (κ3) is 14.6. The number of hydrogen-bond acceptors (Lipinski definition) is 10. The highest BCUT2D eigenvalue weighted by Crippen LogP contribution is 2.21. The first-order chi connectivity index (χ1) is 28.2. The number of aliphatic hydroxyl groups is 1. The van der Waals surface area contributed by atoms with Crippen LogP contribution >= 0.6 is 0 Å². The predicted octanol–water partition coefficient (Wildman–Crippen LogP) is -0.0428. The van der Waals surface area contributed by atoms with Crippen molar-refractivity contribution in [1.82, 2.24) is 36.8 Å². The molecular weight excluding hydrogens is 777 g/mol. The van der Waals surface area contributed by atoms with Gasteiger partial charge in [0, 0.05) is 13.0 Å². The van der Waals surface area contributed by atoms with Crippen molar-refractivity contribution in [1.29, 1.82) is 0 Å². The number of carbonyl (C=O) groups is 8. The lowest BCUT2D eigenvalue weighted by atomic mass is 9.94. The number of nitrogens with two attached hydrogens (primary N) is 1. The number of amides is 7. The van der Waals surface area contributed by atoms with Gasteiger partial charge in [-0.05, 0) is 49.0 Å². The van der Waals surface area contributed by atoms with Gasteiger partial charge in [-0.3, -0.25) is 33.6 Å². The van der Waals surface area contributed by atoms with Gasteiger partial charge < -0.3 is 52.7 Å². The summed E-state index contributed by atoms with van der Waals surface area (Å²) in [6.07, 6.45) is 0.473. The van der Waals surface area contributed by atoms with Crippen molar-refractivity contribution in [2.45, 2.75) is 143 Å². The van der Waals surface area contributed by atoms with Crippen molar-refractivity contribution in [3.63, 3.8) is 0 Å².